The first-order chi connectivity index (χ1) is 7.65. The monoisotopic (exact) mass is 239 g/mol. The second kappa shape index (κ2) is 5.12. The molecule has 0 fully saturated rings. The number of halogens is 1. The van der Waals surface area contributed by atoms with E-state index in [0.29, 0.717) is 22.8 Å². The van der Waals surface area contributed by atoms with Crippen LogP contribution in [0.5, 0.6) is 0 Å². The summed E-state index contributed by atoms with van der Waals surface area (Å²) in [4.78, 5) is 24.4. The molecule has 0 spiro atoms. The molecule has 0 unspecified atom stereocenters. The Hall–Kier alpha value is -1.35. The van der Waals surface area contributed by atoms with Crippen molar-refractivity contribution in [3.05, 3.63) is 28.8 Å². The van der Waals surface area contributed by atoms with Gasteiger partial charge >= 0.3 is 0 Å². The molecule has 1 heterocycles. The summed E-state index contributed by atoms with van der Waals surface area (Å²) >= 11 is 5.75. The second-order valence-corrected chi connectivity index (χ2v) is 3.48. The molecule has 86 valence electrons. The number of hydrogen-bond donors (Lipinski definition) is 0. The lowest BCUT2D eigenvalue weighted by Crippen LogP contribution is -2.29. The molecule has 1 aromatic rings. The fraction of sp³-hybridized carbons (Fsp3) is 0.333. The zero-order valence-corrected chi connectivity index (χ0v) is 10.3. The fourth-order valence-corrected chi connectivity index (χ4v) is 1.76. The molecule has 0 saturated carbocycles. The van der Waals surface area contributed by atoms with Crippen molar-refractivity contribution in [1.29, 1.82) is 0 Å². The Morgan fingerprint density at radius 2 is 1.88 bits per heavy atom. The molecule has 0 aliphatic carbocycles. The third-order valence-electron chi connectivity index (χ3n) is 2.25. The number of carbonyl (C=O) groups is 2. The largest absolute Gasteiger partial charge is 0.305 e. The summed E-state index contributed by atoms with van der Waals surface area (Å²) < 4.78 is 0. The number of fused-ring (bicyclic) bond motifs is 1. The number of Topliss-reactive ketones (excluding diaryl/α,β-unsaturated/α-hetero) is 1. The third kappa shape index (κ3) is 1.95. The van der Waals surface area contributed by atoms with Crippen LogP contribution in [0.2, 0.25) is 5.02 Å². The summed E-state index contributed by atoms with van der Waals surface area (Å²) in [6.07, 6.45) is 0. The topological polar surface area (TPSA) is 37.4 Å². The highest BCUT2D eigenvalue weighted by atomic mass is 35.5. The van der Waals surface area contributed by atoms with E-state index >= 15 is 0 Å². The van der Waals surface area contributed by atoms with Gasteiger partial charge in [0.1, 0.15) is 0 Å². The summed E-state index contributed by atoms with van der Waals surface area (Å²) in [7, 11) is 0. The van der Waals surface area contributed by atoms with Gasteiger partial charge in [0.05, 0.1) is 11.3 Å². The Balaban J connectivity index is 0.000000606. The molecule has 2 rings (SSSR count). The van der Waals surface area contributed by atoms with E-state index in [9.17, 15) is 9.59 Å². The highest BCUT2D eigenvalue weighted by molar-refractivity contribution is 6.52. The molecule has 0 radical (unpaired) electrons. The van der Waals surface area contributed by atoms with Crippen molar-refractivity contribution in [2.75, 3.05) is 11.4 Å². The fourth-order valence-electron chi connectivity index (χ4n) is 1.59. The first-order valence-electron chi connectivity index (χ1n) is 5.31. The van der Waals surface area contributed by atoms with Crippen LogP contribution in [0.25, 0.3) is 0 Å². The molecule has 0 aromatic heterocycles. The SMILES string of the molecule is CC.CCN1C(=O)C(=O)c2cc(Cl)ccc21. The maximum absolute atomic E-state index is 11.5. The predicted molar refractivity (Wildman–Crippen MR) is 65.2 cm³/mol. The summed E-state index contributed by atoms with van der Waals surface area (Å²) in [5.74, 6) is -0.936. The minimum absolute atomic E-state index is 0.407. The van der Waals surface area contributed by atoms with Crippen molar-refractivity contribution < 1.29 is 9.59 Å². The summed E-state index contributed by atoms with van der Waals surface area (Å²) in [6.45, 7) is 6.33. The number of likely N-dealkylation sites (N-methyl/N-ethyl adjacent to an activating group) is 1. The van der Waals surface area contributed by atoms with Crippen LogP contribution in [-0.2, 0) is 4.79 Å². The number of anilines is 1. The minimum atomic E-state index is -0.468. The lowest BCUT2D eigenvalue weighted by molar-refractivity contribution is -0.114. The van der Waals surface area contributed by atoms with Gasteiger partial charge in [0, 0.05) is 11.6 Å². The van der Waals surface area contributed by atoms with Gasteiger partial charge in [-0.2, -0.15) is 0 Å². The predicted octanol–water partition coefficient (Wildman–Crippen LogP) is 2.92. The van der Waals surface area contributed by atoms with Gasteiger partial charge < -0.3 is 4.90 Å². The van der Waals surface area contributed by atoms with Gasteiger partial charge in [-0.3, -0.25) is 9.59 Å². The summed E-state index contributed by atoms with van der Waals surface area (Å²) in [5.41, 5.74) is 1.07. The molecule has 16 heavy (non-hydrogen) atoms. The van der Waals surface area contributed by atoms with Crippen molar-refractivity contribution in [1.82, 2.24) is 0 Å². The molecule has 1 aliphatic heterocycles. The van der Waals surface area contributed by atoms with Crippen molar-refractivity contribution in [2.24, 2.45) is 0 Å². The Kier molecular flexibility index (Phi) is 4.07. The van der Waals surface area contributed by atoms with Crippen LogP contribution in [0.15, 0.2) is 18.2 Å². The Bertz CT molecular complexity index is 429. The lowest BCUT2D eigenvalue weighted by atomic mass is 10.1. The number of ketones is 1. The van der Waals surface area contributed by atoms with Gasteiger partial charge in [-0.25, -0.2) is 0 Å². The Morgan fingerprint density at radius 3 is 2.44 bits per heavy atom. The molecule has 1 aliphatic rings. The van der Waals surface area contributed by atoms with Gasteiger partial charge in [0.25, 0.3) is 11.7 Å². The Labute approximate surface area is 100 Å². The first-order valence-corrected chi connectivity index (χ1v) is 5.68. The lowest BCUT2D eigenvalue weighted by Gasteiger charge is -2.12. The second-order valence-electron chi connectivity index (χ2n) is 3.04. The van der Waals surface area contributed by atoms with Crippen LogP contribution in [-0.4, -0.2) is 18.2 Å². The number of benzene rings is 1. The van der Waals surface area contributed by atoms with Crippen LogP contribution in [0.1, 0.15) is 31.1 Å². The standard InChI is InChI=1S/C10H8ClNO2.C2H6/c1-2-12-8-4-3-6(11)5-7(8)9(13)10(12)14;1-2/h3-5H,2H2,1H3;1-2H3. The summed E-state index contributed by atoms with van der Waals surface area (Å²) in [6, 6.07) is 4.91. The molecular formula is C12H14ClNO2. The Morgan fingerprint density at radius 1 is 1.25 bits per heavy atom. The maximum atomic E-state index is 11.5. The van der Waals surface area contributed by atoms with Crippen molar-refractivity contribution in [3.8, 4) is 0 Å². The van der Waals surface area contributed by atoms with E-state index in [2.05, 4.69) is 0 Å². The number of carbonyl (C=O) groups excluding carboxylic acids is 2. The molecule has 3 nitrogen and oxygen atoms in total. The van der Waals surface area contributed by atoms with E-state index in [-0.39, 0.29) is 0 Å². The molecular weight excluding hydrogens is 226 g/mol. The van der Waals surface area contributed by atoms with Crippen molar-refractivity contribution in [3.63, 3.8) is 0 Å². The molecule has 4 heteroatoms. The number of hydrogen-bond acceptors (Lipinski definition) is 2. The quantitative estimate of drug-likeness (QED) is 0.707. The highest BCUT2D eigenvalue weighted by Gasteiger charge is 2.34. The van der Waals surface area contributed by atoms with Crippen LogP contribution in [0.3, 0.4) is 0 Å². The number of rotatable bonds is 1. The average molecular weight is 240 g/mol. The van der Waals surface area contributed by atoms with E-state index in [1.807, 2.05) is 20.8 Å². The molecule has 0 bridgehead atoms. The van der Waals surface area contributed by atoms with Gasteiger partial charge in [-0.15, -0.1) is 0 Å². The van der Waals surface area contributed by atoms with E-state index < -0.39 is 11.7 Å². The van der Waals surface area contributed by atoms with Gasteiger partial charge in [0.15, 0.2) is 0 Å². The molecule has 0 saturated heterocycles. The van der Waals surface area contributed by atoms with E-state index in [1.54, 1.807) is 12.1 Å². The number of nitrogens with zero attached hydrogens (tertiary/aromatic N) is 1. The van der Waals surface area contributed by atoms with Crippen LogP contribution in [0.4, 0.5) is 5.69 Å². The smallest absolute Gasteiger partial charge is 0.299 e. The maximum Gasteiger partial charge on any atom is 0.299 e. The average Bonchev–Trinajstić information content (AvgIpc) is 2.55. The number of amides is 1. The van der Waals surface area contributed by atoms with E-state index in [0.717, 1.165) is 0 Å². The summed E-state index contributed by atoms with van der Waals surface area (Å²) in [5, 5.41) is 0.475. The molecule has 1 aromatic carbocycles. The zero-order valence-electron chi connectivity index (χ0n) is 9.58. The highest BCUT2D eigenvalue weighted by Crippen LogP contribution is 2.30. The van der Waals surface area contributed by atoms with Crippen LogP contribution >= 0.6 is 11.6 Å². The van der Waals surface area contributed by atoms with Crippen molar-refractivity contribution in [2.45, 2.75) is 20.8 Å². The van der Waals surface area contributed by atoms with Gasteiger partial charge in [-0.1, -0.05) is 25.4 Å². The zero-order chi connectivity index (χ0) is 12.3. The molecule has 1 amide bonds. The first kappa shape index (κ1) is 12.7. The molecule has 0 N–H and O–H groups in total. The normalized spacial score (nSPS) is 13.4. The van der Waals surface area contributed by atoms with Gasteiger partial charge in [-0.05, 0) is 25.1 Å². The van der Waals surface area contributed by atoms with E-state index in [4.69, 9.17) is 11.6 Å². The van der Waals surface area contributed by atoms with Gasteiger partial charge in [0.2, 0.25) is 0 Å². The molecule has 0 atom stereocenters. The van der Waals surface area contributed by atoms with Crippen molar-refractivity contribution >= 4 is 29.0 Å². The third-order valence-corrected chi connectivity index (χ3v) is 2.48. The van der Waals surface area contributed by atoms with Crippen LogP contribution in [0, 0.1) is 0 Å². The van der Waals surface area contributed by atoms with E-state index in [1.165, 1.54) is 11.0 Å². The minimum Gasteiger partial charge on any atom is -0.305 e. The van der Waals surface area contributed by atoms with Crippen LogP contribution < -0.4 is 4.90 Å².